The number of aromatic nitrogens is 1. The lowest BCUT2D eigenvalue weighted by Crippen LogP contribution is -2.40. The first-order chi connectivity index (χ1) is 18.6. The van der Waals surface area contributed by atoms with E-state index in [0.29, 0.717) is 37.7 Å². The number of carbonyl (C=O) groups excluding carboxylic acids is 1. The summed E-state index contributed by atoms with van der Waals surface area (Å²) in [5.74, 6) is 1.36. The third-order valence-electron chi connectivity index (χ3n) is 5.91. The first-order valence-electron chi connectivity index (χ1n) is 12.2. The smallest absolute Gasteiger partial charge is 0.338 e. The third kappa shape index (κ3) is 6.04. The van der Waals surface area contributed by atoms with E-state index in [2.05, 4.69) is 50.2 Å². The van der Waals surface area contributed by atoms with Gasteiger partial charge in [0.15, 0.2) is 16.3 Å². The second-order valence-corrected chi connectivity index (χ2v) is 12.2. The molecule has 0 fully saturated rings. The van der Waals surface area contributed by atoms with Crippen LogP contribution in [-0.2, 0) is 9.53 Å². The molecule has 1 aromatic heterocycles. The highest BCUT2D eigenvalue weighted by Gasteiger charge is 2.34. The summed E-state index contributed by atoms with van der Waals surface area (Å²) < 4.78 is 26.3. The summed E-state index contributed by atoms with van der Waals surface area (Å²) in [6.45, 7) is 7.57. The van der Waals surface area contributed by atoms with E-state index in [1.807, 2.05) is 38.1 Å². The van der Waals surface area contributed by atoms with E-state index in [1.54, 1.807) is 44.8 Å². The molecule has 0 bridgehead atoms. The van der Waals surface area contributed by atoms with Crippen molar-refractivity contribution in [1.82, 2.24) is 4.57 Å². The lowest BCUT2D eigenvalue weighted by Gasteiger charge is -2.25. The molecule has 0 spiro atoms. The SMILES string of the molecule is CCOC(=O)C1=C(C)N=c2s/c(=C\c3cc(I)c(OC)c(I)c3)c(=O)n2[C@H]1c1ccc(OC(C)C)c(OC)c1. The Labute approximate surface area is 257 Å². The van der Waals surface area contributed by atoms with E-state index in [4.69, 9.17) is 18.9 Å². The van der Waals surface area contributed by atoms with E-state index in [1.165, 1.54) is 11.3 Å². The van der Waals surface area contributed by atoms with Crippen molar-refractivity contribution in [2.45, 2.75) is 39.8 Å². The van der Waals surface area contributed by atoms with Gasteiger partial charge in [-0.15, -0.1) is 0 Å². The number of hydrogen-bond donors (Lipinski definition) is 0. The minimum absolute atomic E-state index is 0.0521. The average molecular weight is 774 g/mol. The van der Waals surface area contributed by atoms with Crippen molar-refractivity contribution in [3.8, 4) is 17.2 Å². The zero-order chi connectivity index (χ0) is 28.4. The number of fused-ring (bicyclic) bond motifs is 1. The predicted octanol–water partition coefficient (Wildman–Crippen LogP) is 4.81. The van der Waals surface area contributed by atoms with Crippen LogP contribution in [0, 0.1) is 7.14 Å². The summed E-state index contributed by atoms with van der Waals surface area (Å²) >= 11 is 5.72. The number of esters is 1. The van der Waals surface area contributed by atoms with Gasteiger partial charge in [0, 0.05) is 0 Å². The normalized spacial score (nSPS) is 15.2. The summed E-state index contributed by atoms with van der Waals surface area (Å²) in [6, 6.07) is 8.61. The average Bonchev–Trinajstić information content (AvgIpc) is 3.17. The standard InChI is InChI=1S/C28H28I2N2O6S/c1-7-37-27(34)23-15(4)31-28-32(24(23)17-8-9-20(38-14(2)3)21(13-17)35-5)26(33)22(39-28)12-16-10-18(29)25(36-6)19(30)11-16/h8-14,24H,7H2,1-6H3/b22-12-/t24-/m0/s1. The third-order valence-corrected chi connectivity index (χ3v) is 8.49. The van der Waals surface area contributed by atoms with Gasteiger partial charge in [0.25, 0.3) is 5.56 Å². The lowest BCUT2D eigenvalue weighted by atomic mass is 9.95. The summed E-state index contributed by atoms with van der Waals surface area (Å²) in [6.07, 6.45) is 1.79. The van der Waals surface area contributed by atoms with Crippen LogP contribution < -0.4 is 29.1 Å². The molecule has 206 valence electrons. The molecule has 1 aliphatic heterocycles. The number of ether oxygens (including phenoxy) is 4. The molecule has 0 saturated carbocycles. The van der Waals surface area contributed by atoms with Gasteiger partial charge < -0.3 is 18.9 Å². The maximum absolute atomic E-state index is 13.9. The number of rotatable bonds is 8. The van der Waals surface area contributed by atoms with Crippen LogP contribution in [0.15, 0.2) is 51.4 Å². The fourth-order valence-electron chi connectivity index (χ4n) is 4.32. The Morgan fingerprint density at radius 3 is 2.41 bits per heavy atom. The summed E-state index contributed by atoms with van der Waals surface area (Å²) in [7, 11) is 3.19. The van der Waals surface area contributed by atoms with Crippen molar-refractivity contribution in [3.05, 3.63) is 79.6 Å². The molecule has 3 aromatic rings. The summed E-state index contributed by atoms with van der Waals surface area (Å²) in [5, 5.41) is 0. The number of halogens is 2. The van der Waals surface area contributed by atoms with Gasteiger partial charge in [0.2, 0.25) is 0 Å². The van der Waals surface area contributed by atoms with Crippen LogP contribution >= 0.6 is 56.5 Å². The van der Waals surface area contributed by atoms with Gasteiger partial charge in [0.1, 0.15) is 5.75 Å². The highest BCUT2D eigenvalue weighted by Crippen LogP contribution is 2.36. The van der Waals surface area contributed by atoms with E-state index < -0.39 is 12.0 Å². The first kappa shape index (κ1) is 29.6. The second-order valence-electron chi connectivity index (χ2n) is 8.90. The maximum Gasteiger partial charge on any atom is 0.338 e. The number of benzene rings is 2. The summed E-state index contributed by atoms with van der Waals surface area (Å²) in [4.78, 5) is 32.3. The van der Waals surface area contributed by atoms with Crippen LogP contribution in [0.5, 0.6) is 17.2 Å². The Kier molecular flexibility index (Phi) is 9.42. The lowest BCUT2D eigenvalue weighted by molar-refractivity contribution is -0.139. The van der Waals surface area contributed by atoms with E-state index in [0.717, 1.165) is 18.5 Å². The van der Waals surface area contributed by atoms with Crippen molar-refractivity contribution in [1.29, 1.82) is 0 Å². The molecular formula is C28H28I2N2O6S. The molecule has 0 N–H and O–H groups in total. The van der Waals surface area contributed by atoms with Gasteiger partial charge in [0.05, 0.1) is 55.9 Å². The fraction of sp³-hybridized carbons (Fsp3) is 0.321. The Balaban J connectivity index is 1.94. The zero-order valence-corrected chi connectivity index (χ0v) is 27.5. The molecule has 8 nitrogen and oxygen atoms in total. The Morgan fingerprint density at radius 1 is 1.13 bits per heavy atom. The Bertz CT molecular complexity index is 1620. The van der Waals surface area contributed by atoms with Crippen LogP contribution in [0.1, 0.15) is 44.9 Å². The van der Waals surface area contributed by atoms with E-state index in [-0.39, 0.29) is 18.3 Å². The molecule has 1 atom stereocenters. The molecule has 11 heteroatoms. The Morgan fingerprint density at radius 2 is 1.82 bits per heavy atom. The topological polar surface area (TPSA) is 88.4 Å². The number of methoxy groups -OCH3 is 2. The number of carbonyl (C=O) groups is 1. The first-order valence-corrected chi connectivity index (χ1v) is 15.1. The van der Waals surface area contributed by atoms with Gasteiger partial charge in [-0.05, 0) is 114 Å². The van der Waals surface area contributed by atoms with Crippen molar-refractivity contribution < 1.29 is 23.7 Å². The van der Waals surface area contributed by atoms with Gasteiger partial charge >= 0.3 is 5.97 Å². The van der Waals surface area contributed by atoms with Gasteiger partial charge in [-0.25, -0.2) is 9.79 Å². The van der Waals surface area contributed by atoms with Gasteiger partial charge in [-0.2, -0.15) is 0 Å². The maximum atomic E-state index is 13.9. The second kappa shape index (κ2) is 12.4. The van der Waals surface area contributed by atoms with Crippen LogP contribution in [0.2, 0.25) is 0 Å². The monoisotopic (exact) mass is 774 g/mol. The summed E-state index contributed by atoms with van der Waals surface area (Å²) in [5.41, 5.74) is 2.11. The minimum Gasteiger partial charge on any atom is -0.495 e. The van der Waals surface area contributed by atoms with E-state index in [9.17, 15) is 9.59 Å². The molecular weight excluding hydrogens is 746 g/mol. The van der Waals surface area contributed by atoms with Gasteiger partial charge in [-0.3, -0.25) is 9.36 Å². The molecule has 1 aliphatic rings. The van der Waals surface area contributed by atoms with Crippen molar-refractivity contribution in [3.63, 3.8) is 0 Å². The molecule has 2 aromatic carbocycles. The molecule has 0 unspecified atom stereocenters. The molecule has 4 rings (SSSR count). The molecule has 39 heavy (non-hydrogen) atoms. The number of allylic oxidation sites excluding steroid dienone is 1. The van der Waals surface area contributed by atoms with Crippen molar-refractivity contribution in [2.24, 2.45) is 4.99 Å². The predicted molar refractivity (Wildman–Crippen MR) is 168 cm³/mol. The molecule has 0 saturated heterocycles. The molecule has 0 aliphatic carbocycles. The van der Waals surface area contributed by atoms with Crippen LogP contribution in [0.3, 0.4) is 0 Å². The minimum atomic E-state index is -0.749. The quantitative estimate of drug-likeness (QED) is 0.242. The number of nitrogens with zero attached hydrogens (tertiary/aromatic N) is 2. The highest BCUT2D eigenvalue weighted by atomic mass is 127. The number of thiazole rings is 1. The number of hydrogen-bond acceptors (Lipinski definition) is 8. The van der Waals surface area contributed by atoms with Crippen LogP contribution in [0.4, 0.5) is 0 Å². The zero-order valence-electron chi connectivity index (χ0n) is 22.3. The van der Waals surface area contributed by atoms with Crippen LogP contribution in [-0.4, -0.2) is 37.5 Å². The fourth-order valence-corrected chi connectivity index (χ4v) is 7.62. The highest BCUT2D eigenvalue weighted by molar-refractivity contribution is 14.1. The largest absolute Gasteiger partial charge is 0.495 e. The van der Waals surface area contributed by atoms with Crippen molar-refractivity contribution in [2.75, 3.05) is 20.8 Å². The molecule has 0 radical (unpaired) electrons. The van der Waals surface area contributed by atoms with E-state index >= 15 is 0 Å². The van der Waals surface area contributed by atoms with Crippen LogP contribution in [0.25, 0.3) is 6.08 Å². The Hall–Kier alpha value is -2.39. The molecule has 0 amide bonds. The van der Waals surface area contributed by atoms with Crippen molar-refractivity contribution >= 4 is 68.6 Å². The molecule has 2 heterocycles. The van der Waals surface area contributed by atoms with Gasteiger partial charge in [-0.1, -0.05) is 17.4 Å².